The van der Waals surface area contributed by atoms with Crippen molar-refractivity contribution in [2.75, 3.05) is 7.11 Å². The van der Waals surface area contributed by atoms with Gasteiger partial charge in [0.1, 0.15) is 5.75 Å². The summed E-state index contributed by atoms with van der Waals surface area (Å²) in [6, 6.07) is 10.9. The Morgan fingerprint density at radius 1 is 1.07 bits per heavy atom. The molecule has 0 aliphatic rings. The van der Waals surface area contributed by atoms with Crippen molar-refractivity contribution in [3.63, 3.8) is 0 Å². The first kappa shape index (κ1) is 9.71. The van der Waals surface area contributed by atoms with E-state index in [9.17, 15) is 4.79 Å². The average Bonchev–Trinajstić information content (AvgIpc) is 2.43. The lowest BCUT2D eigenvalue weighted by molar-refractivity contribution is 0.419. The number of benzene rings is 1. The molecule has 2 nitrogen and oxygen atoms in total. The lowest BCUT2D eigenvalue weighted by Crippen LogP contribution is -1.98. The third-order valence-electron chi connectivity index (χ3n) is 2.51. The zero-order valence-electron chi connectivity index (χ0n) is 8.78. The standard InChI is InChI=1S/C13H12O2/c1-9-7-8-12(15-2)13-10(9)5-3-4-6-11(13)14/h3-8H,1-2H3. The zero-order valence-corrected chi connectivity index (χ0v) is 8.78. The van der Waals surface area contributed by atoms with Gasteiger partial charge in [-0.25, -0.2) is 0 Å². The van der Waals surface area contributed by atoms with E-state index in [0.29, 0.717) is 11.1 Å². The van der Waals surface area contributed by atoms with Crippen LogP contribution in [0.15, 0.2) is 41.2 Å². The van der Waals surface area contributed by atoms with Crippen LogP contribution < -0.4 is 10.2 Å². The van der Waals surface area contributed by atoms with Gasteiger partial charge in [0, 0.05) is 0 Å². The third kappa shape index (κ3) is 1.59. The Morgan fingerprint density at radius 3 is 2.53 bits per heavy atom. The van der Waals surface area contributed by atoms with E-state index >= 15 is 0 Å². The van der Waals surface area contributed by atoms with Gasteiger partial charge in [-0.3, -0.25) is 4.79 Å². The molecule has 2 rings (SSSR count). The summed E-state index contributed by atoms with van der Waals surface area (Å²) >= 11 is 0. The maximum atomic E-state index is 11.8. The predicted molar refractivity (Wildman–Crippen MR) is 61.5 cm³/mol. The van der Waals surface area contributed by atoms with Gasteiger partial charge in [-0.1, -0.05) is 24.3 Å². The summed E-state index contributed by atoms with van der Waals surface area (Å²) in [7, 11) is 1.58. The van der Waals surface area contributed by atoms with Gasteiger partial charge in [-0.15, -0.1) is 0 Å². The van der Waals surface area contributed by atoms with Gasteiger partial charge >= 0.3 is 0 Å². The molecule has 0 saturated carbocycles. The monoisotopic (exact) mass is 200 g/mol. The largest absolute Gasteiger partial charge is 0.496 e. The van der Waals surface area contributed by atoms with Crippen molar-refractivity contribution in [3.05, 3.63) is 52.2 Å². The molecule has 15 heavy (non-hydrogen) atoms. The Bertz CT molecular complexity index is 559. The Labute approximate surface area is 88.1 Å². The molecule has 0 spiro atoms. The molecular weight excluding hydrogens is 188 g/mol. The SMILES string of the molecule is COc1ccc(C)c2ccccc(=O)c12. The van der Waals surface area contributed by atoms with Crippen molar-refractivity contribution in [2.24, 2.45) is 0 Å². The number of methoxy groups -OCH3 is 1. The Morgan fingerprint density at radius 2 is 1.80 bits per heavy atom. The van der Waals surface area contributed by atoms with Crippen molar-refractivity contribution in [1.82, 2.24) is 0 Å². The molecule has 0 aliphatic carbocycles. The summed E-state index contributed by atoms with van der Waals surface area (Å²) in [4.78, 5) is 11.8. The van der Waals surface area contributed by atoms with Crippen molar-refractivity contribution in [2.45, 2.75) is 6.92 Å². The Hall–Kier alpha value is -1.83. The van der Waals surface area contributed by atoms with E-state index in [4.69, 9.17) is 4.74 Å². The van der Waals surface area contributed by atoms with Crippen LogP contribution in [0.3, 0.4) is 0 Å². The molecule has 0 amide bonds. The van der Waals surface area contributed by atoms with Crippen LogP contribution in [0.25, 0.3) is 10.8 Å². The minimum absolute atomic E-state index is 0.00412. The highest BCUT2D eigenvalue weighted by Gasteiger charge is 2.05. The fourth-order valence-corrected chi connectivity index (χ4v) is 1.72. The number of hydrogen-bond donors (Lipinski definition) is 0. The molecule has 0 N–H and O–H groups in total. The highest BCUT2D eigenvalue weighted by atomic mass is 16.5. The molecule has 0 atom stereocenters. The minimum Gasteiger partial charge on any atom is -0.496 e. The maximum absolute atomic E-state index is 11.8. The lowest BCUT2D eigenvalue weighted by atomic mass is 10.1. The zero-order chi connectivity index (χ0) is 10.8. The van der Waals surface area contributed by atoms with Crippen molar-refractivity contribution in [3.8, 4) is 5.75 Å². The van der Waals surface area contributed by atoms with Crippen LogP contribution >= 0.6 is 0 Å². The average molecular weight is 200 g/mol. The second kappa shape index (κ2) is 3.73. The van der Waals surface area contributed by atoms with Crippen LogP contribution in [-0.4, -0.2) is 7.11 Å². The van der Waals surface area contributed by atoms with E-state index in [2.05, 4.69) is 0 Å². The Kier molecular flexibility index (Phi) is 2.42. The van der Waals surface area contributed by atoms with Crippen LogP contribution in [0.4, 0.5) is 0 Å². The minimum atomic E-state index is -0.00412. The molecular formula is C13H12O2. The first-order chi connectivity index (χ1) is 7.24. The number of rotatable bonds is 1. The first-order valence-electron chi connectivity index (χ1n) is 4.80. The summed E-state index contributed by atoms with van der Waals surface area (Å²) in [6.07, 6.45) is 0. The Balaban J connectivity index is 3.06. The molecule has 2 heteroatoms. The smallest absolute Gasteiger partial charge is 0.190 e. The fraction of sp³-hybridized carbons (Fsp3) is 0.154. The first-order valence-corrected chi connectivity index (χ1v) is 4.80. The van der Waals surface area contributed by atoms with Crippen molar-refractivity contribution in [1.29, 1.82) is 0 Å². The second-order valence-electron chi connectivity index (χ2n) is 3.46. The van der Waals surface area contributed by atoms with Crippen LogP contribution in [0.2, 0.25) is 0 Å². The van der Waals surface area contributed by atoms with Crippen LogP contribution in [0.5, 0.6) is 5.75 Å². The summed E-state index contributed by atoms with van der Waals surface area (Å²) in [5.74, 6) is 0.636. The molecule has 2 aromatic carbocycles. The van der Waals surface area contributed by atoms with Crippen molar-refractivity contribution >= 4 is 10.8 Å². The van der Waals surface area contributed by atoms with E-state index in [1.54, 1.807) is 19.2 Å². The number of fused-ring (bicyclic) bond motifs is 1. The molecule has 0 radical (unpaired) electrons. The van der Waals surface area contributed by atoms with Gasteiger partial charge < -0.3 is 4.74 Å². The quantitative estimate of drug-likeness (QED) is 0.707. The van der Waals surface area contributed by atoms with Crippen LogP contribution in [0, 0.1) is 6.92 Å². The molecule has 2 aromatic rings. The second-order valence-corrected chi connectivity index (χ2v) is 3.46. The highest BCUT2D eigenvalue weighted by Crippen LogP contribution is 2.24. The molecule has 0 aliphatic heterocycles. The lowest BCUT2D eigenvalue weighted by Gasteiger charge is -2.04. The van der Waals surface area contributed by atoms with Gasteiger partial charge in [0.2, 0.25) is 0 Å². The van der Waals surface area contributed by atoms with E-state index in [1.807, 2.05) is 31.2 Å². The summed E-state index contributed by atoms with van der Waals surface area (Å²) in [6.45, 7) is 1.99. The molecule has 0 heterocycles. The molecule has 0 aromatic heterocycles. The van der Waals surface area contributed by atoms with E-state index in [-0.39, 0.29) is 5.43 Å². The molecule has 0 saturated heterocycles. The number of hydrogen-bond acceptors (Lipinski definition) is 2. The van der Waals surface area contributed by atoms with E-state index in [1.165, 1.54) is 0 Å². The van der Waals surface area contributed by atoms with E-state index < -0.39 is 0 Å². The maximum Gasteiger partial charge on any atom is 0.190 e. The van der Waals surface area contributed by atoms with Gasteiger partial charge in [0.05, 0.1) is 12.5 Å². The molecule has 0 fully saturated rings. The predicted octanol–water partition coefficient (Wildman–Crippen LogP) is 2.52. The molecule has 0 bridgehead atoms. The summed E-state index contributed by atoms with van der Waals surface area (Å²) < 4.78 is 5.20. The van der Waals surface area contributed by atoms with Gasteiger partial charge in [-0.05, 0) is 30.0 Å². The van der Waals surface area contributed by atoms with Gasteiger partial charge in [-0.2, -0.15) is 0 Å². The fourth-order valence-electron chi connectivity index (χ4n) is 1.72. The number of ether oxygens (including phenoxy) is 1. The van der Waals surface area contributed by atoms with E-state index in [0.717, 1.165) is 10.9 Å². The van der Waals surface area contributed by atoms with Gasteiger partial charge in [0.15, 0.2) is 5.43 Å². The summed E-state index contributed by atoms with van der Waals surface area (Å²) in [5, 5.41) is 1.60. The van der Waals surface area contributed by atoms with Crippen molar-refractivity contribution < 1.29 is 4.74 Å². The van der Waals surface area contributed by atoms with Gasteiger partial charge in [0.25, 0.3) is 0 Å². The van der Waals surface area contributed by atoms with Crippen LogP contribution in [0.1, 0.15) is 5.56 Å². The molecule has 76 valence electrons. The highest BCUT2D eigenvalue weighted by molar-refractivity contribution is 5.90. The number of aryl methyl sites for hydroxylation is 1. The molecule has 0 unspecified atom stereocenters. The third-order valence-corrected chi connectivity index (χ3v) is 2.51. The normalized spacial score (nSPS) is 10.3. The van der Waals surface area contributed by atoms with Crippen LogP contribution in [-0.2, 0) is 0 Å². The topological polar surface area (TPSA) is 26.3 Å². The summed E-state index contributed by atoms with van der Waals surface area (Å²) in [5.41, 5.74) is 1.08.